The molecule has 42 nitrogen and oxygen atoms in total. The summed E-state index contributed by atoms with van der Waals surface area (Å²) in [7, 11) is -2.53. The van der Waals surface area contributed by atoms with E-state index in [1.54, 1.807) is 11.1 Å². The van der Waals surface area contributed by atoms with Crippen LogP contribution in [0, 0.1) is 23.8 Å². The summed E-state index contributed by atoms with van der Waals surface area (Å²) in [6.45, 7) is 4.04. The summed E-state index contributed by atoms with van der Waals surface area (Å²) < 4.78 is 85.9. The Morgan fingerprint density at radius 3 is 1.22 bits per heavy atom. The maximum absolute atomic E-state index is 14.6. The molecule has 18 N–H and O–H groups in total. The first kappa shape index (κ1) is 111. The molecule has 4 aliphatic rings. The highest BCUT2D eigenvalue weighted by Crippen LogP contribution is 2.28. The van der Waals surface area contributed by atoms with Crippen LogP contribution in [0.25, 0.3) is 0 Å². The van der Waals surface area contributed by atoms with Gasteiger partial charge in [-0.05, 0) is 70.6 Å². The molecule has 43 heteroatoms. The van der Waals surface area contributed by atoms with Gasteiger partial charge in [0.15, 0.2) is 18.9 Å². The van der Waals surface area contributed by atoms with E-state index in [1.165, 1.54) is 20.8 Å². The summed E-state index contributed by atoms with van der Waals surface area (Å²) >= 11 is 0. The SMILES string of the molecule is C#CCO[PH](=O)OCCCCCCCCCC/C(=C/NCOCCOCCC(=O)N1CCC(C(=O)NC(COCCC(=O)NCCCCCCOC2OC(CO)C(O)C(O)C2NC(C)=O)(COCCC(=O)NCCCCCCOC2OC(CO)C(O)C(O)C2NC(C)=O)COCCC(=O)NCCCCCCOC2OC(CO)C(O)C(O)C2NC(C)=O)CC1)N=N. The molecule has 720 valence electrons. The summed E-state index contributed by atoms with van der Waals surface area (Å²) in [5.41, 5.74) is 6.71. The maximum atomic E-state index is 14.6. The number of terminal acetylenes is 1. The Balaban J connectivity index is 1.32. The van der Waals surface area contributed by atoms with E-state index >= 15 is 0 Å². The van der Waals surface area contributed by atoms with Crippen LogP contribution in [0.1, 0.15) is 194 Å². The Bertz CT molecular complexity index is 2930. The Labute approximate surface area is 734 Å². The number of nitrogens with zero attached hydrogens (tertiary/aromatic N) is 2. The Morgan fingerprint density at radius 1 is 0.472 bits per heavy atom. The molecular weight excluding hydrogens is 1670 g/mol. The first-order valence-corrected chi connectivity index (χ1v) is 45.4. The number of carbonyl (C=O) groups is 8. The molecule has 0 spiro atoms. The highest BCUT2D eigenvalue weighted by molar-refractivity contribution is 7.33. The fourth-order valence-electron chi connectivity index (χ4n) is 14.2. The number of nitrogens with one attached hydrogen (secondary N) is 9. The van der Waals surface area contributed by atoms with E-state index in [4.69, 9.17) is 73.1 Å². The third-order valence-electron chi connectivity index (χ3n) is 21.2. The Kier molecular flexibility index (Phi) is 59.6. The zero-order valence-corrected chi connectivity index (χ0v) is 74.1. The number of carbonyl (C=O) groups excluding carboxylic acids is 8. The monoisotopic (exact) mass is 1810 g/mol. The lowest BCUT2D eigenvalue weighted by molar-refractivity contribution is -0.270. The van der Waals surface area contributed by atoms with Crippen LogP contribution >= 0.6 is 8.25 Å². The van der Waals surface area contributed by atoms with Crippen molar-refractivity contribution in [2.45, 2.75) is 292 Å². The molecule has 0 aliphatic carbocycles. The van der Waals surface area contributed by atoms with Gasteiger partial charge in [0.2, 0.25) is 47.3 Å². The van der Waals surface area contributed by atoms with Crippen LogP contribution in [0.3, 0.4) is 0 Å². The zero-order valence-electron chi connectivity index (χ0n) is 73.1. The van der Waals surface area contributed by atoms with Crippen LogP contribution < -0.4 is 42.5 Å². The molecule has 0 aromatic heterocycles. The molecule has 0 aromatic rings. The number of likely N-dealkylation sites (tertiary alicyclic amines) is 1. The van der Waals surface area contributed by atoms with Crippen LogP contribution in [0.2, 0.25) is 0 Å². The number of amides is 8. The smallest absolute Gasteiger partial charge is 0.320 e. The number of unbranched alkanes of at least 4 members (excludes halogenated alkanes) is 16. The van der Waals surface area contributed by atoms with E-state index in [2.05, 4.69) is 53.6 Å². The fourth-order valence-corrected chi connectivity index (χ4v) is 14.8. The van der Waals surface area contributed by atoms with E-state index in [0.29, 0.717) is 128 Å². The summed E-state index contributed by atoms with van der Waals surface area (Å²) in [4.78, 5) is 105. The number of ether oxygens (including phenoxy) is 11. The average molecular weight is 1810 g/mol. The van der Waals surface area contributed by atoms with Crippen molar-refractivity contribution in [3.63, 3.8) is 0 Å². The van der Waals surface area contributed by atoms with Gasteiger partial charge in [0, 0.05) is 105 Å². The lowest BCUT2D eigenvalue weighted by Crippen LogP contribution is -2.64. The van der Waals surface area contributed by atoms with Crippen LogP contribution in [0.15, 0.2) is 17.0 Å². The molecule has 16 unspecified atom stereocenters. The van der Waals surface area contributed by atoms with E-state index in [0.717, 1.165) is 51.4 Å². The number of aliphatic hydroxyl groups is 9. The topological polar surface area (TPSA) is 591 Å². The van der Waals surface area contributed by atoms with Crippen molar-refractivity contribution in [1.82, 2.24) is 47.4 Å². The molecule has 0 radical (unpaired) electrons. The zero-order chi connectivity index (χ0) is 91.4. The van der Waals surface area contributed by atoms with Gasteiger partial charge in [0.05, 0.1) is 98.0 Å². The van der Waals surface area contributed by atoms with Crippen LogP contribution in [-0.2, 0) is 104 Å². The van der Waals surface area contributed by atoms with Gasteiger partial charge < -0.3 is 150 Å². The number of piperidine rings is 1. The van der Waals surface area contributed by atoms with Crippen molar-refractivity contribution >= 4 is 55.5 Å². The van der Waals surface area contributed by atoms with Gasteiger partial charge >= 0.3 is 8.25 Å². The van der Waals surface area contributed by atoms with E-state index < -0.39 is 155 Å². The van der Waals surface area contributed by atoms with Gasteiger partial charge in [-0.25, -0.2) is 5.53 Å². The van der Waals surface area contributed by atoms with Gasteiger partial charge in [0.1, 0.15) is 91.9 Å². The maximum Gasteiger partial charge on any atom is 0.320 e. The molecule has 4 heterocycles. The largest absolute Gasteiger partial charge is 0.394 e. The van der Waals surface area contributed by atoms with Gasteiger partial charge in [-0.3, -0.25) is 47.4 Å². The Morgan fingerprint density at radius 2 is 0.840 bits per heavy atom. The molecule has 16 atom stereocenters. The second-order valence-electron chi connectivity index (χ2n) is 31.6. The molecular formula is C82H146N11O31P. The number of hydrogen-bond donors (Lipinski definition) is 18. The highest BCUT2D eigenvalue weighted by atomic mass is 31.1. The number of rotatable bonds is 71. The van der Waals surface area contributed by atoms with Crippen molar-refractivity contribution in [3.05, 3.63) is 11.9 Å². The molecule has 125 heavy (non-hydrogen) atoms. The first-order chi connectivity index (χ1) is 60.3. The van der Waals surface area contributed by atoms with Crippen LogP contribution in [-0.4, -0.2) is 347 Å². The van der Waals surface area contributed by atoms with Gasteiger partial charge in [-0.2, -0.15) is 5.11 Å². The minimum Gasteiger partial charge on any atom is -0.394 e. The summed E-state index contributed by atoms with van der Waals surface area (Å²) in [5, 5.41) is 118. The minimum absolute atomic E-state index is 0.0310. The molecule has 8 amide bonds. The van der Waals surface area contributed by atoms with Gasteiger partial charge in [-0.1, -0.05) is 83.0 Å². The highest BCUT2D eigenvalue weighted by Gasteiger charge is 2.48. The van der Waals surface area contributed by atoms with Crippen molar-refractivity contribution in [3.8, 4) is 12.3 Å². The molecule has 4 fully saturated rings. The second kappa shape index (κ2) is 67.1. The van der Waals surface area contributed by atoms with E-state index in [9.17, 15) is 88.9 Å². The quantitative estimate of drug-likeness (QED) is 0.0121. The molecule has 4 aliphatic heterocycles. The predicted octanol–water partition coefficient (Wildman–Crippen LogP) is -0.379. The van der Waals surface area contributed by atoms with Crippen molar-refractivity contribution in [2.75, 3.05) is 152 Å². The third kappa shape index (κ3) is 46.8. The average Bonchev–Trinajstić information content (AvgIpc) is 0.834. The number of allylic oxidation sites excluding steroid dienone is 1. The standard InChI is InChI=1S/C82H146N11O31P/c1-5-38-120-125(111)121-42-25-14-9-7-6-8-10-18-26-61(92-83)49-84-56-116-48-47-112-46-32-68(103)93-36-27-60(28-37-93)78(110)91-82(53-113-43-29-65(100)85-33-19-11-15-22-39-117-79-69(88-57(2)97)75(107)72(104)62(50-94)122-79,54-114-44-30-66(101)86-34-20-12-16-23-40-118-80-70(89-58(3)98)76(108)73(105)63(51-95)123-80)55-115-45-31-67(102)87-35-21-13-17-24-41-119-81-71(90-59(4)99)77(109)74(106)64(52-96)124-81/h1,49,60,62-64,69-77,79-81,83-84,94-96,104-109,125H,6-48,50-56H2,2-4H3,(H,85,100)(H,86,101)(H,87,102)(H,88,97)(H,89,98)(H,90,99)(H,91,110)/b61-49-,92-83?. The Hall–Kier alpha value is -6.19. The number of hydrogen-bond acceptors (Lipinski definition) is 34. The fraction of sp³-hybridized carbons (Fsp3) is 0.854. The van der Waals surface area contributed by atoms with Gasteiger partial charge in [0.25, 0.3) is 0 Å². The normalized spacial score (nSPS) is 24.2. The third-order valence-corrected chi connectivity index (χ3v) is 22.0. The molecule has 4 saturated heterocycles. The minimum atomic E-state index is -2.53. The molecule has 0 bridgehead atoms. The van der Waals surface area contributed by atoms with E-state index in [1.807, 2.05) is 0 Å². The van der Waals surface area contributed by atoms with E-state index in [-0.39, 0.29) is 155 Å². The first-order valence-electron chi connectivity index (χ1n) is 44.2. The van der Waals surface area contributed by atoms with Crippen LogP contribution in [0.4, 0.5) is 0 Å². The summed E-state index contributed by atoms with van der Waals surface area (Å²) in [6.07, 6.45) is 7.95. The molecule has 0 aromatic carbocycles. The molecule has 0 saturated carbocycles. The summed E-state index contributed by atoms with van der Waals surface area (Å²) in [6, 6.07) is -3.21. The molecule has 4 rings (SSSR count). The lowest BCUT2D eigenvalue weighted by atomic mass is 9.93. The summed E-state index contributed by atoms with van der Waals surface area (Å²) in [5.74, 6) is -1.28. The van der Waals surface area contributed by atoms with Crippen molar-refractivity contribution in [1.29, 1.82) is 5.53 Å². The number of aliphatic hydroxyl groups excluding tert-OH is 9. The lowest BCUT2D eigenvalue weighted by Gasteiger charge is -2.42. The predicted molar refractivity (Wildman–Crippen MR) is 449 cm³/mol. The van der Waals surface area contributed by atoms with Gasteiger partial charge in [-0.15, -0.1) is 6.42 Å². The van der Waals surface area contributed by atoms with Crippen molar-refractivity contribution in [2.24, 2.45) is 11.0 Å². The van der Waals surface area contributed by atoms with Crippen molar-refractivity contribution < 1.29 is 150 Å². The second-order valence-corrected chi connectivity index (χ2v) is 32.6. The van der Waals surface area contributed by atoms with Crippen LogP contribution in [0.5, 0.6) is 0 Å².